The summed E-state index contributed by atoms with van der Waals surface area (Å²) in [5, 5.41) is 15.0. The van der Waals surface area contributed by atoms with Crippen LogP contribution in [0.3, 0.4) is 0 Å². The van der Waals surface area contributed by atoms with Gasteiger partial charge in [0.2, 0.25) is 0 Å². The van der Waals surface area contributed by atoms with Crippen LogP contribution in [-0.2, 0) is 10.0 Å². The van der Waals surface area contributed by atoms with Gasteiger partial charge in [0.1, 0.15) is 17.3 Å². The van der Waals surface area contributed by atoms with Crippen molar-refractivity contribution in [1.29, 1.82) is 0 Å². The zero-order chi connectivity index (χ0) is 18.9. The smallest absolute Gasteiger partial charge is 0.281 e. The van der Waals surface area contributed by atoms with Crippen molar-refractivity contribution in [2.24, 2.45) is 4.40 Å². The number of aryl methyl sites for hydroxylation is 1. The first-order chi connectivity index (χ1) is 12.3. The zero-order valence-corrected chi connectivity index (χ0v) is 14.7. The largest absolute Gasteiger partial charge is 0.861 e. The van der Waals surface area contributed by atoms with Gasteiger partial charge in [-0.25, -0.2) is 4.39 Å². The molecule has 6 nitrogen and oxygen atoms in total. The predicted octanol–water partition coefficient (Wildman–Crippen LogP) is 2.92. The Hall–Kier alpha value is -3.00. The van der Waals surface area contributed by atoms with Crippen LogP contribution in [-0.4, -0.2) is 19.5 Å². The van der Waals surface area contributed by atoms with Crippen molar-refractivity contribution in [2.45, 2.75) is 18.7 Å². The summed E-state index contributed by atoms with van der Waals surface area (Å²) in [6.07, 6.45) is 0. The Morgan fingerprint density at radius 3 is 2.46 bits per heavy atom. The molecule has 134 valence electrons. The molecule has 0 amide bonds. The summed E-state index contributed by atoms with van der Waals surface area (Å²) in [5.74, 6) is -0.688. The molecule has 0 aliphatic rings. The first kappa shape index (κ1) is 17.8. The molecule has 0 spiro atoms. The van der Waals surface area contributed by atoms with Crippen molar-refractivity contribution < 1.29 is 22.4 Å². The highest BCUT2D eigenvalue weighted by Gasteiger charge is 2.18. The lowest BCUT2D eigenvalue weighted by Crippen LogP contribution is -2.14. The Morgan fingerprint density at radius 2 is 1.85 bits per heavy atom. The molecule has 2 aromatic carbocycles. The molecule has 8 heteroatoms. The summed E-state index contributed by atoms with van der Waals surface area (Å²) in [4.78, 5) is -0.0992. The van der Waals surface area contributed by atoms with Gasteiger partial charge in [0.15, 0.2) is 0 Å². The monoisotopic (exact) mass is 373 g/mol. The lowest BCUT2D eigenvalue weighted by atomic mass is 9.99. The molecular weight excluding hydrogens is 359 g/mol. The molecule has 0 atom stereocenters. The minimum absolute atomic E-state index is 0.0992. The van der Waals surface area contributed by atoms with Gasteiger partial charge in [0.25, 0.3) is 10.0 Å². The lowest BCUT2D eigenvalue weighted by Gasteiger charge is -2.06. The third kappa shape index (κ3) is 3.50. The Labute approximate surface area is 149 Å². The van der Waals surface area contributed by atoms with Gasteiger partial charge in [-0.2, -0.15) is 12.8 Å². The van der Waals surface area contributed by atoms with Crippen LogP contribution in [0.25, 0.3) is 22.4 Å². The van der Waals surface area contributed by atoms with Crippen LogP contribution in [0.1, 0.15) is 12.7 Å². The number of aromatic nitrogens is 1. The van der Waals surface area contributed by atoms with E-state index in [1.165, 1.54) is 24.3 Å². The second kappa shape index (κ2) is 6.72. The van der Waals surface area contributed by atoms with E-state index in [1.807, 2.05) is 0 Å². The summed E-state index contributed by atoms with van der Waals surface area (Å²) < 4.78 is 45.8. The minimum Gasteiger partial charge on any atom is -0.861 e. The molecule has 0 N–H and O–H groups in total. The maximum Gasteiger partial charge on any atom is 0.281 e. The fourth-order valence-electron chi connectivity index (χ4n) is 2.56. The Bertz CT molecular complexity index is 1080. The van der Waals surface area contributed by atoms with Crippen molar-refractivity contribution in [3.63, 3.8) is 0 Å². The van der Waals surface area contributed by atoms with Gasteiger partial charge < -0.3 is 9.63 Å². The molecule has 26 heavy (non-hydrogen) atoms. The highest BCUT2D eigenvalue weighted by molar-refractivity contribution is 7.90. The Morgan fingerprint density at radius 1 is 1.15 bits per heavy atom. The average Bonchev–Trinajstić information content (AvgIpc) is 2.95. The molecule has 0 saturated carbocycles. The molecular formula is C18H14FN2O4S-. The minimum atomic E-state index is -4.04. The molecule has 0 fully saturated rings. The van der Waals surface area contributed by atoms with Crippen molar-refractivity contribution in [3.8, 4) is 22.4 Å². The van der Waals surface area contributed by atoms with E-state index in [-0.39, 0.29) is 4.90 Å². The fraction of sp³-hybridized carbons (Fsp3) is 0.111. The molecule has 1 aromatic heterocycles. The van der Waals surface area contributed by atoms with Gasteiger partial charge >= 0.3 is 0 Å². The summed E-state index contributed by atoms with van der Waals surface area (Å²) in [5.41, 5.74) is 2.26. The van der Waals surface area contributed by atoms with Crippen molar-refractivity contribution >= 4 is 15.9 Å². The second-order valence-corrected chi connectivity index (χ2v) is 7.19. The molecule has 0 saturated heterocycles. The first-order valence-electron chi connectivity index (χ1n) is 7.59. The van der Waals surface area contributed by atoms with Crippen LogP contribution in [0.2, 0.25) is 0 Å². The van der Waals surface area contributed by atoms with Gasteiger partial charge in [0, 0.05) is 5.56 Å². The van der Waals surface area contributed by atoms with Gasteiger partial charge in [-0.05, 0) is 49.6 Å². The first-order valence-corrected chi connectivity index (χ1v) is 9.03. The van der Waals surface area contributed by atoms with Crippen LogP contribution < -0.4 is 5.11 Å². The number of benzene rings is 2. The number of nitrogens with zero attached hydrogens (tertiary/aromatic N) is 2. The third-order valence-electron chi connectivity index (χ3n) is 3.65. The van der Waals surface area contributed by atoms with Crippen LogP contribution in [0.4, 0.5) is 4.39 Å². The number of hydrogen-bond acceptors (Lipinski definition) is 5. The van der Waals surface area contributed by atoms with E-state index in [0.29, 0.717) is 28.1 Å². The average molecular weight is 373 g/mol. The fourth-order valence-corrected chi connectivity index (χ4v) is 3.48. The number of sulfonamides is 1. The van der Waals surface area contributed by atoms with E-state index < -0.39 is 21.7 Å². The van der Waals surface area contributed by atoms with Gasteiger partial charge in [-0.15, -0.1) is 0 Å². The van der Waals surface area contributed by atoms with E-state index in [1.54, 1.807) is 31.2 Å². The maximum atomic E-state index is 13.5. The number of hydrogen-bond donors (Lipinski definition) is 0. The van der Waals surface area contributed by atoms with E-state index >= 15 is 0 Å². The lowest BCUT2D eigenvalue weighted by molar-refractivity contribution is -0.215. The van der Waals surface area contributed by atoms with Crippen molar-refractivity contribution in [2.75, 3.05) is 0 Å². The van der Waals surface area contributed by atoms with E-state index in [2.05, 4.69) is 9.55 Å². The summed E-state index contributed by atoms with van der Waals surface area (Å²) in [6.45, 7) is 2.78. The highest BCUT2D eigenvalue weighted by Crippen LogP contribution is 2.34. The predicted molar refractivity (Wildman–Crippen MR) is 92.4 cm³/mol. The summed E-state index contributed by atoms with van der Waals surface area (Å²) in [6, 6.07) is 11.7. The number of rotatable bonds is 4. The van der Waals surface area contributed by atoms with Gasteiger partial charge in [-0.3, -0.25) is 0 Å². The Balaban J connectivity index is 2.06. The van der Waals surface area contributed by atoms with Crippen molar-refractivity contribution in [3.05, 3.63) is 60.1 Å². The summed E-state index contributed by atoms with van der Waals surface area (Å²) >= 11 is 0. The second-order valence-electron chi connectivity index (χ2n) is 5.58. The van der Waals surface area contributed by atoms with Gasteiger partial charge in [0.05, 0.1) is 10.5 Å². The van der Waals surface area contributed by atoms with Crippen LogP contribution in [0.15, 0.2) is 62.3 Å². The molecule has 0 radical (unpaired) electrons. The third-order valence-corrected chi connectivity index (χ3v) is 5.02. The molecule has 0 bridgehead atoms. The molecule has 1 heterocycles. The molecule has 3 rings (SSSR count). The molecule has 0 aliphatic carbocycles. The Kier molecular flexibility index (Phi) is 4.60. The summed E-state index contributed by atoms with van der Waals surface area (Å²) in [7, 11) is -4.04. The van der Waals surface area contributed by atoms with Crippen LogP contribution in [0.5, 0.6) is 0 Å². The molecule has 0 aliphatic heterocycles. The standard InChI is InChI=1S/C18H15FN2O4S/c1-11-17(18(20-25-11)14-4-3-5-15(19)10-14)13-6-8-16(9-7-13)26(23,24)21-12(2)22/h3-10H,1-2H3,(H,21,22)/p-1. The van der Waals surface area contributed by atoms with Crippen LogP contribution in [0, 0.1) is 12.7 Å². The number of halogens is 1. The SMILES string of the molecule is C/C([O-])=N/S(=O)(=O)c1ccc(-c2c(-c3cccc(F)c3)noc2C)cc1. The normalized spacial score (nSPS) is 12.3. The van der Waals surface area contributed by atoms with E-state index in [9.17, 15) is 17.9 Å². The van der Waals surface area contributed by atoms with E-state index in [4.69, 9.17) is 4.52 Å². The highest BCUT2D eigenvalue weighted by atomic mass is 32.2. The molecule has 0 unspecified atom stereocenters. The van der Waals surface area contributed by atoms with E-state index in [0.717, 1.165) is 6.92 Å². The van der Waals surface area contributed by atoms with Crippen molar-refractivity contribution in [1.82, 2.24) is 5.16 Å². The van der Waals surface area contributed by atoms with Gasteiger partial charge in [-0.1, -0.05) is 29.4 Å². The van der Waals surface area contributed by atoms with Crippen LogP contribution >= 0.6 is 0 Å². The molecule has 3 aromatic rings. The topological polar surface area (TPSA) is 95.6 Å². The zero-order valence-electron chi connectivity index (χ0n) is 13.9. The quantitative estimate of drug-likeness (QED) is 0.517. The maximum absolute atomic E-state index is 13.5.